The van der Waals surface area contributed by atoms with Gasteiger partial charge in [-0.1, -0.05) is 29.3 Å². The summed E-state index contributed by atoms with van der Waals surface area (Å²) in [4.78, 5) is 15.6. The number of nitrogens with two attached hydrogens (primary N) is 2. The molecule has 10 nitrogen and oxygen atoms in total. The molecule has 0 atom stereocenters. The van der Waals surface area contributed by atoms with E-state index in [2.05, 4.69) is 30.0 Å². The monoisotopic (exact) mass is 514 g/mol. The molecular weight excluding hydrogens is 499 g/mol. The van der Waals surface area contributed by atoms with Gasteiger partial charge in [-0.15, -0.1) is 12.4 Å². The van der Waals surface area contributed by atoms with Crippen LogP contribution in [0.15, 0.2) is 75.8 Å². The number of guanidine groups is 2. The molecule has 6 N–H and O–H groups in total. The van der Waals surface area contributed by atoms with E-state index in [1.165, 1.54) is 30.6 Å². The summed E-state index contributed by atoms with van der Waals surface area (Å²) in [6.07, 6.45) is 2.55. The lowest BCUT2D eigenvalue weighted by molar-refractivity contribution is 0.601. The molecule has 3 rings (SSSR count). The van der Waals surface area contributed by atoms with Crippen LogP contribution in [0.1, 0.15) is 0 Å². The number of nitrogens with one attached hydrogen (secondary N) is 2. The Bertz CT molecular complexity index is 1230. The lowest BCUT2D eigenvalue weighted by atomic mass is 10.3. The zero-order valence-corrected chi connectivity index (χ0v) is 19.3. The third kappa shape index (κ3) is 7.24. The number of aliphatic imine (C=N–C) groups is 2. The van der Waals surface area contributed by atoms with Crippen LogP contribution >= 0.6 is 35.6 Å². The van der Waals surface area contributed by atoms with E-state index in [0.29, 0.717) is 16.4 Å². The molecule has 0 unspecified atom stereocenters. The van der Waals surface area contributed by atoms with Gasteiger partial charge in [0.15, 0.2) is 0 Å². The third-order valence-electron chi connectivity index (χ3n) is 3.57. The standard InChI is InChI=1S/C18H16Cl2N8O2S.ClH/c19-11-4-6-13(7-5-11)25-16(21)27-17(22)26-14-2-1-3-15(8-14)31(29,30)28-18-23-9-12(20)10-24-18;/h1-10H,(H,23,24,28)(H5,21,22,25,26,27);1H. The van der Waals surface area contributed by atoms with Gasteiger partial charge in [-0.05, 0) is 42.5 Å². The number of rotatable bonds is 5. The van der Waals surface area contributed by atoms with E-state index in [1.807, 2.05) is 0 Å². The molecule has 0 radical (unpaired) electrons. The molecule has 1 aromatic heterocycles. The lowest BCUT2D eigenvalue weighted by Gasteiger charge is -2.09. The Morgan fingerprint density at radius 3 is 2.28 bits per heavy atom. The molecule has 0 aliphatic heterocycles. The van der Waals surface area contributed by atoms with E-state index in [4.69, 9.17) is 34.7 Å². The number of aromatic nitrogens is 2. The molecular formula is C18H17Cl3N8O2S. The van der Waals surface area contributed by atoms with E-state index >= 15 is 0 Å². The van der Waals surface area contributed by atoms with Crippen LogP contribution < -0.4 is 21.5 Å². The van der Waals surface area contributed by atoms with Gasteiger partial charge in [0.05, 0.1) is 28.0 Å². The van der Waals surface area contributed by atoms with Gasteiger partial charge < -0.3 is 16.8 Å². The van der Waals surface area contributed by atoms with E-state index < -0.39 is 10.0 Å². The van der Waals surface area contributed by atoms with Gasteiger partial charge in [0, 0.05) is 10.7 Å². The van der Waals surface area contributed by atoms with E-state index in [1.54, 1.807) is 30.3 Å². The molecule has 3 aromatic rings. The van der Waals surface area contributed by atoms with Crippen LogP contribution in [0, 0.1) is 0 Å². The van der Waals surface area contributed by atoms with Crippen LogP contribution in [0.5, 0.6) is 0 Å². The molecule has 0 spiro atoms. The van der Waals surface area contributed by atoms with E-state index in [-0.39, 0.29) is 40.2 Å². The minimum absolute atomic E-state index is 0. The van der Waals surface area contributed by atoms with Crippen LogP contribution in [0.4, 0.5) is 17.3 Å². The Hall–Kier alpha value is -3.12. The highest BCUT2D eigenvalue weighted by Gasteiger charge is 2.16. The van der Waals surface area contributed by atoms with Crippen molar-refractivity contribution in [2.24, 2.45) is 21.5 Å². The summed E-state index contributed by atoms with van der Waals surface area (Å²) in [5.41, 5.74) is 12.5. The number of sulfonamides is 1. The predicted octanol–water partition coefficient (Wildman–Crippen LogP) is 3.38. The van der Waals surface area contributed by atoms with Gasteiger partial charge in [0.1, 0.15) is 0 Å². The van der Waals surface area contributed by atoms with E-state index in [9.17, 15) is 8.42 Å². The van der Waals surface area contributed by atoms with Crippen molar-refractivity contribution in [2.75, 3.05) is 10.0 Å². The first-order valence-electron chi connectivity index (χ1n) is 8.53. The second-order valence-electron chi connectivity index (χ2n) is 5.93. The minimum atomic E-state index is -3.95. The second-order valence-corrected chi connectivity index (χ2v) is 8.48. The summed E-state index contributed by atoms with van der Waals surface area (Å²) >= 11 is 11.5. The van der Waals surface area contributed by atoms with Crippen molar-refractivity contribution in [1.29, 1.82) is 0 Å². The largest absolute Gasteiger partial charge is 0.369 e. The summed E-state index contributed by atoms with van der Waals surface area (Å²) in [5, 5.41) is 3.60. The molecule has 168 valence electrons. The van der Waals surface area contributed by atoms with Gasteiger partial charge in [0.2, 0.25) is 17.9 Å². The van der Waals surface area contributed by atoms with Gasteiger partial charge in [-0.3, -0.25) is 0 Å². The minimum Gasteiger partial charge on any atom is -0.369 e. The van der Waals surface area contributed by atoms with Crippen molar-refractivity contribution in [2.45, 2.75) is 4.90 Å². The summed E-state index contributed by atoms with van der Waals surface area (Å²) in [6, 6.07) is 12.5. The SMILES string of the molecule is Cl.NC(=Nc1ccc(Cl)cc1)/N=C(/N)Nc1cccc(S(=O)(=O)Nc2ncc(Cl)cn2)c1. The first-order chi connectivity index (χ1) is 14.7. The smallest absolute Gasteiger partial charge is 0.264 e. The maximum absolute atomic E-state index is 12.6. The molecule has 0 aliphatic carbocycles. The zero-order chi connectivity index (χ0) is 22.4. The maximum Gasteiger partial charge on any atom is 0.264 e. The molecule has 0 amide bonds. The van der Waals surface area contributed by atoms with Crippen LogP contribution in [0.25, 0.3) is 0 Å². The predicted molar refractivity (Wildman–Crippen MR) is 130 cm³/mol. The van der Waals surface area contributed by atoms with Gasteiger partial charge in [-0.2, -0.15) is 4.99 Å². The fourth-order valence-electron chi connectivity index (χ4n) is 2.26. The summed E-state index contributed by atoms with van der Waals surface area (Å²) in [5.74, 6) is -0.300. The topological polar surface area (TPSA) is 161 Å². The normalized spacial score (nSPS) is 12.1. The fourth-order valence-corrected chi connectivity index (χ4v) is 3.48. The second kappa shape index (κ2) is 11.0. The number of nitrogens with zero attached hydrogens (tertiary/aromatic N) is 4. The zero-order valence-electron chi connectivity index (χ0n) is 16.1. The fraction of sp³-hybridized carbons (Fsp3) is 0. The molecule has 0 bridgehead atoms. The van der Waals surface area contributed by atoms with Crippen molar-refractivity contribution < 1.29 is 8.42 Å². The number of halogens is 3. The molecule has 32 heavy (non-hydrogen) atoms. The molecule has 2 aromatic carbocycles. The third-order valence-corrected chi connectivity index (χ3v) is 5.34. The maximum atomic E-state index is 12.6. The van der Waals surface area contributed by atoms with Crippen molar-refractivity contribution in [1.82, 2.24) is 9.97 Å². The van der Waals surface area contributed by atoms with Crippen molar-refractivity contribution in [3.8, 4) is 0 Å². The number of hydrogen-bond acceptors (Lipinski definition) is 5. The highest BCUT2D eigenvalue weighted by atomic mass is 35.5. The quantitative estimate of drug-likeness (QED) is 0.299. The number of anilines is 2. The Labute approximate surface area is 200 Å². The van der Waals surface area contributed by atoms with E-state index in [0.717, 1.165) is 0 Å². The highest BCUT2D eigenvalue weighted by Crippen LogP contribution is 2.18. The first-order valence-corrected chi connectivity index (χ1v) is 10.8. The Morgan fingerprint density at radius 1 is 0.969 bits per heavy atom. The molecule has 0 saturated heterocycles. The summed E-state index contributed by atoms with van der Waals surface area (Å²) in [7, 11) is -3.95. The van der Waals surface area contributed by atoms with Crippen LogP contribution in [-0.4, -0.2) is 30.3 Å². The lowest BCUT2D eigenvalue weighted by Crippen LogP contribution is -2.26. The summed E-state index contributed by atoms with van der Waals surface area (Å²) in [6.45, 7) is 0. The van der Waals surface area contributed by atoms with Gasteiger partial charge in [-0.25, -0.2) is 28.1 Å². The van der Waals surface area contributed by atoms with Gasteiger partial charge >= 0.3 is 0 Å². The van der Waals surface area contributed by atoms with Crippen molar-refractivity contribution in [3.63, 3.8) is 0 Å². The Balaban J connectivity index is 0.00000363. The molecule has 0 saturated carbocycles. The molecule has 1 heterocycles. The molecule has 0 aliphatic rings. The molecule has 14 heteroatoms. The highest BCUT2D eigenvalue weighted by molar-refractivity contribution is 7.92. The average Bonchev–Trinajstić information content (AvgIpc) is 2.71. The van der Waals surface area contributed by atoms with Crippen LogP contribution in [0.2, 0.25) is 10.0 Å². The van der Waals surface area contributed by atoms with Crippen molar-refractivity contribution >= 4 is 74.9 Å². The van der Waals surface area contributed by atoms with Crippen LogP contribution in [-0.2, 0) is 10.0 Å². The molecule has 0 fully saturated rings. The Kier molecular flexibility index (Phi) is 8.61. The summed E-state index contributed by atoms with van der Waals surface area (Å²) < 4.78 is 27.4. The first kappa shape index (κ1) is 25.1. The average molecular weight is 516 g/mol. The van der Waals surface area contributed by atoms with Crippen molar-refractivity contribution in [3.05, 3.63) is 71.0 Å². The Morgan fingerprint density at radius 2 is 1.62 bits per heavy atom. The van der Waals surface area contributed by atoms with Gasteiger partial charge in [0.25, 0.3) is 10.0 Å². The number of hydrogen-bond donors (Lipinski definition) is 4. The van der Waals surface area contributed by atoms with Crippen LogP contribution in [0.3, 0.4) is 0 Å². The number of benzene rings is 2.